The lowest BCUT2D eigenvalue weighted by Crippen LogP contribution is -2.55. The van der Waals surface area contributed by atoms with E-state index in [9.17, 15) is 19.2 Å². The topological polar surface area (TPSA) is 95.4 Å². The molecule has 0 bridgehead atoms. The number of hydrogen-bond donors (Lipinski definition) is 0. The van der Waals surface area contributed by atoms with E-state index >= 15 is 0 Å². The van der Waals surface area contributed by atoms with Crippen LogP contribution in [-0.4, -0.2) is 25.8 Å². The second-order valence-corrected chi connectivity index (χ2v) is 7.99. The first-order chi connectivity index (χ1) is 11.0. The van der Waals surface area contributed by atoms with Crippen molar-refractivity contribution < 1.29 is 4.79 Å². The van der Waals surface area contributed by atoms with E-state index in [2.05, 4.69) is 18.8 Å². The average Bonchev–Trinajstić information content (AvgIpc) is 2.46. The van der Waals surface area contributed by atoms with Crippen LogP contribution in [0.5, 0.6) is 0 Å². The molecule has 0 amide bonds. The zero-order valence-electron chi connectivity index (χ0n) is 14.8. The van der Waals surface area contributed by atoms with Crippen LogP contribution in [-0.2, 0) is 25.4 Å². The van der Waals surface area contributed by atoms with E-state index in [-0.39, 0.29) is 23.4 Å². The van der Waals surface area contributed by atoms with Crippen molar-refractivity contribution in [3.8, 4) is 0 Å². The quantitative estimate of drug-likeness (QED) is 0.580. The standard InChI is InChI=1S/C16H24N4O4/c1-15(2)6-11(17-10-21)7-16(3,8-15)9-20-13(23)18(4)12(22)19(5)14(20)24/h11H,6-9H2,1-5H3. The lowest BCUT2D eigenvalue weighted by Gasteiger charge is -2.45. The molecule has 1 aromatic heterocycles. The van der Waals surface area contributed by atoms with Crippen LogP contribution >= 0.6 is 0 Å². The maximum absolute atomic E-state index is 12.4. The second-order valence-electron chi connectivity index (χ2n) is 7.99. The lowest BCUT2D eigenvalue weighted by molar-refractivity contribution is 0.0656. The van der Waals surface area contributed by atoms with Crippen LogP contribution in [0.3, 0.4) is 0 Å². The molecule has 0 radical (unpaired) electrons. The minimum Gasteiger partial charge on any atom is -0.248 e. The summed E-state index contributed by atoms with van der Waals surface area (Å²) in [4.78, 5) is 51.1. The van der Waals surface area contributed by atoms with Gasteiger partial charge in [-0.1, -0.05) is 20.8 Å². The molecular weight excluding hydrogens is 312 g/mol. The Balaban J connectivity index is 2.50. The van der Waals surface area contributed by atoms with E-state index in [1.165, 1.54) is 14.1 Å². The molecule has 1 aliphatic rings. The summed E-state index contributed by atoms with van der Waals surface area (Å²) in [6.45, 7) is 6.33. The molecule has 2 rings (SSSR count). The molecule has 8 heteroatoms. The Kier molecular flexibility index (Phi) is 4.55. The molecule has 1 aromatic rings. The summed E-state index contributed by atoms with van der Waals surface area (Å²) in [5, 5.41) is 0. The number of isocyanates is 1. The number of hydrogen-bond acceptors (Lipinski definition) is 5. The molecule has 1 saturated carbocycles. The minimum atomic E-state index is -0.640. The van der Waals surface area contributed by atoms with E-state index < -0.39 is 17.1 Å². The monoisotopic (exact) mass is 336 g/mol. The fourth-order valence-corrected chi connectivity index (χ4v) is 4.21. The molecule has 8 nitrogen and oxygen atoms in total. The predicted molar refractivity (Wildman–Crippen MR) is 88.8 cm³/mol. The summed E-state index contributed by atoms with van der Waals surface area (Å²) in [5.41, 5.74) is -2.35. The summed E-state index contributed by atoms with van der Waals surface area (Å²) in [7, 11) is 2.71. The molecule has 2 unspecified atom stereocenters. The highest BCUT2D eigenvalue weighted by Crippen LogP contribution is 2.47. The fourth-order valence-electron chi connectivity index (χ4n) is 4.21. The van der Waals surface area contributed by atoms with E-state index in [1.54, 1.807) is 6.08 Å². The van der Waals surface area contributed by atoms with E-state index in [1.807, 2.05) is 6.92 Å². The third kappa shape index (κ3) is 3.33. The first-order valence-corrected chi connectivity index (χ1v) is 7.93. The van der Waals surface area contributed by atoms with Gasteiger partial charge < -0.3 is 0 Å². The Morgan fingerprint density at radius 3 is 2.08 bits per heavy atom. The van der Waals surface area contributed by atoms with Crippen molar-refractivity contribution in [1.82, 2.24) is 13.7 Å². The van der Waals surface area contributed by atoms with E-state index in [0.717, 1.165) is 26.5 Å². The van der Waals surface area contributed by atoms with Gasteiger partial charge in [0.25, 0.3) is 0 Å². The van der Waals surface area contributed by atoms with Crippen molar-refractivity contribution in [3.63, 3.8) is 0 Å². The summed E-state index contributed by atoms with van der Waals surface area (Å²) < 4.78 is 2.96. The first-order valence-electron chi connectivity index (χ1n) is 7.93. The van der Waals surface area contributed by atoms with Crippen molar-refractivity contribution in [1.29, 1.82) is 0 Å². The zero-order valence-corrected chi connectivity index (χ0v) is 14.8. The maximum Gasteiger partial charge on any atom is 0.336 e. The fraction of sp³-hybridized carbons (Fsp3) is 0.750. The molecule has 1 aliphatic carbocycles. The van der Waals surface area contributed by atoms with Crippen molar-refractivity contribution in [2.45, 2.75) is 52.6 Å². The molecule has 132 valence electrons. The van der Waals surface area contributed by atoms with Crippen LogP contribution < -0.4 is 17.1 Å². The Labute approximate surface area is 139 Å². The van der Waals surface area contributed by atoms with Gasteiger partial charge in [0.15, 0.2) is 0 Å². The van der Waals surface area contributed by atoms with Crippen LogP contribution in [0.15, 0.2) is 19.4 Å². The summed E-state index contributed by atoms with van der Waals surface area (Å²) in [5.74, 6) is 0. The predicted octanol–water partition coefficient (Wildman–Crippen LogP) is 0.166. The summed E-state index contributed by atoms with van der Waals surface area (Å²) in [6.07, 6.45) is 3.75. The van der Waals surface area contributed by atoms with Crippen LogP contribution in [0, 0.1) is 10.8 Å². The number of carbonyl (C=O) groups excluding carboxylic acids is 1. The van der Waals surface area contributed by atoms with Crippen LogP contribution in [0.4, 0.5) is 0 Å². The van der Waals surface area contributed by atoms with Crippen molar-refractivity contribution in [3.05, 3.63) is 31.5 Å². The minimum absolute atomic E-state index is 0.0759. The van der Waals surface area contributed by atoms with Gasteiger partial charge in [-0.25, -0.2) is 37.9 Å². The van der Waals surface area contributed by atoms with Crippen molar-refractivity contribution >= 4 is 6.08 Å². The van der Waals surface area contributed by atoms with Gasteiger partial charge in [-0.3, -0.25) is 0 Å². The van der Waals surface area contributed by atoms with Crippen molar-refractivity contribution in [2.24, 2.45) is 29.9 Å². The Morgan fingerprint density at radius 2 is 1.58 bits per heavy atom. The molecule has 1 heterocycles. The highest BCUT2D eigenvalue weighted by atomic mass is 16.2. The molecule has 24 heavy (non-hydrogen) atoms. The first kappa shape index (κ1) is 18.1. The molecule has 2 atom stereocenters. The van der Waals surface area contributed by atoms with Gasteiger partial charge in [-0.15, -0.1) is 0 Å². The molecular formula is C16H24N4O4. The Morgan fingerprint density at radius 1 is 1.04 bits per heavy atom. The third-order valence-electron chi connectivity index (χ3n) is 4.81. The number of aliphatic imine (C=N–C) groups is 1. The largest absolute Gasteiger partial charge is 0.336 e. The SMILES string of the molecule is Cn1c(=O)n(C)c(=O)n(CC2(C)CC(N=C=O)CC(C)(C)C2)c1=O. The molecule has 1 fully saturated rings. The van der Waals surface area contributed by atoms with Gasteiger partial charge in [0.1, 0.15) is 0 Å². The Bertz CT molecular complexity index is 829. The van der Waals surface area contributed by atoms with Gasteiger partial charge in [0.2, 0.25) is 6.08 Å². The number of nitrogens with zero attached hydrogens (tertiary/aromatic N) is 4. The average molecular weight is 336 g/mol. The Hall–Kier alpha value is -2.21. The van der Waals surface area contributed by atoms with Gasteiger partial charge >= 0.3 is 17.1 Å². The summed E-state index contributed by atoms with van der Waals surface area (Å²) >= 11 is 0. The van der Waals surface area contributed by atoms with Crippen LogP contribution in [0.2, 0.25) is 0 Å². The van der Waals surface area contributed by atoms with E-state index in [4.69, 9.17) is 0 Å². The summed E-state index contributed by atoms with van der Waals surface area (Å²) in [6, 6.07) is -0.177. The van der Waals surface area contributed by atoms with Gasteiger partial charge in [-0.2, -0.15) is 0 Å². The molecule has 0 spiro atoms. The maximum atomic E-state index is 12.4. The molecule has 0 aliphatic heterocycles. The third-order valence-corrected chi connectivity index (χ3v) is 4.81. The smallest absolute Gasteiger partial charge is 0.248 e. The molecule has 0 aromatic carbocycles. The molecule has 0 N–H and O–H groups in total. The molecule has 0 saturated heterocycles. The van der Waals surface area contributed by atoms with Crippen molar-refractivity contribution in [2.75, 3.05) is 0 Å². The van der Waals surface area contributed by atoms with Crippen LogP contribution in [0.25, 0.3) is 0 Å². The highest BCUT2D eigenvalue weighted by molar-refractivity contribution is 5.33. The number of aromatic nitrogens is 3. The normalized spacial score (nSPS) is 26.0. The highest BCUT2D eigenvalue weighted by Gasteiger charge is 2.42. The van der Waals surface area contributed by atoms with Gasteiger partial charge in [0.05, 0.1) is 6.04 Å². The zero-order chi connectivity index (χ0) is 18.3. The van der Waals surface area contributed by atoms with Gasteiger partial charge in [-0.05, 0) is 30.1 Å². The second kappa shape index (κ2) is 6.02. The number of rotatable bonds is 3. The van der Waals surface area contributed by atoms with E-state index in [0.29, 0.717) is 6.42 Å². The van der Waals surface area contributed by atoms with Gasteiger partial charge in [0, 0.05) is 20.6 Å². The van der Waals surface area contributed by atoms with Crippen LogP contribution in [0.1, 0.15) is 40.0 Å². The lowest BCUT2D eigenvalue weighted by atomic mass is 9.62.